The standard InChI is InChI=1S/C25H26N2O5S2/c1-2-32-25(29)22-21(18-9-5-3-6-10-18)17-33-24(22)26-23(28)19-11-13-20(14-12-19)34(30,31)27-15-7-4-8-16-27/h3,5-6,9-14,17H,2,4,7-8,15-16H2,1H3,(H,26,28). The van der Waals surface area contributed by atoms with Gasteiger partial charge < -0.3 is 10.1 Å². The van der Waals surface area contributed by atoms with Crippen molar-refractivity contribution in [2.45, 2.75) is 31.1 Å². The molecule has 0 aliphatic carbocycles. The molecule has 0 atom stereocenters. The summed E-state index contributed by atoms with van der Waals surface area (Å²) in [4.78, 5) is 25.8. The molecular weight excluding hydrogens is 472 g/mol. The van der Waals surface area contributed by atoms with E-state index in [4.69, 9.17) is 4.74 Å². The number of nitrogens with one attached hydrogen (secondary N) is 1. The quantitative estimate of drug-likeness (QED) is 0.462. The van der Waals surface area contributed by atoms with Crippen molar-refractivity contribution >= 4 is 38.2 Å². The summed E-state index contributed by atoms with van der Waals surface area (Å²) in [6.45, 7) is 2.97. The zero-order chi connectivity index (χ0) is 24.1. The van der Waals surface area contributed by atoms with Gasteiger partial charge in [-0.25, -0.2) is 13.2 Å². The molecule has 0 radical (unpaired) electrons. The second-order valence-corrected chi connectivity index (χ2v) is 10.7. The van der Waals surface area contributed by atoms with Gasteiger partial charge in [0.1, 0.15) is 10.6 Å². The van der Waals surface area contributed by atoms with Crippen molar-refractivity contribution < 1.29 is 22.7 Å². The number of ether oxygens (including phenoxy) is 1. The highest BCUT2D eigenvalue weighted by Gasteiger charge is 2.27. The maximum Gasteiger partial charge on any atom is 0.341 e. The van der Waals surface area contributed by atoms with Gasteiger partial charge in [0.2, 0.25) is 10.0 Å². The normalized spacial score (nSPS) is 14.5. The van der Waals surface area contributed by atoms with Crippen LogP contribution in [0.2, 0.25) is 0 Å². The Bertz CT molecular complexity index is 1260. The van der Waals surface area contributed by atoms with E-state index in [0.29, 0.717) is 34.8 Å². The van der Waals surface area contributed by atoms with Gasteiger partial charge in [0.25, 0.3) is 5.91 Å². The molecule has 1 N–H and O–H groups in total. The van der Waals surface area contributed by atoms with Gasteiger partial charge in [-0.15, -0.1) is 11.3 Å². The van der Waals surface area contributed by atoms with Crippen LogP contribution >= 0.6 is 11.3 Å². The number of carbonyl (C=O) groups is 2. The number of hydrogen-bond acceptors (Lipinski definition) is 6. The molecule has 1 aliphatic rings. The molecule has 1 saturated heterocycles. The molecule has 0 saturated carbocycles. The van der Waals surface area contributed by atoms with Crippen LogP contribution in [0.15, 0.2) is 64.9 Å². The number of anilines is 1. The molecule has 1 fully saturated rings. The highest BCUT2D eigenvalue weighted by molar-refractivity contribution is 7.89. The van der Waals surface area contributed by atoms with Crippen LogP contribution in [0.25, 0.3) is 11.1 Å². The van der Waals surface area contributed by atoms with Crippen molar-refractivity contribution in [2.24, 2.45) is 0 Å². The van der Waals surface area contributed by atoms with Crippen LogP contribution in [-0.4, -0.2) is 44.3 Å². The number of carbonyl (C=O) groups excluding carboxylic acids is 2. The summed E-state index contributed by atoms with van der Waals surface area (Å²) in [5, 5.41) is 4.99. The lowest BCUT2D eigenvalue weighted by Gasteiger charge is -2.25. The third-order valence-corrected chi connectivity index (χ3v) is 8.46. The number of nitrogens with zero attached hydrogens (tertiary/aromatic N) is 1. The third kappa shape index (κ3) is 5.06. The van der Waals surface area contributed by atoms with Gasteiger partial charge in [0.15, 0.2) is 0 Å². The van der Waals surface area contributed by atoms with Crippen LogP contribution in [-0.2, 0) is 14.8 Å². The van der Waals surface area contributed by atoms with E-state index in [1.165, 1.54) is 39.9 Å². The summed E-state index contributed by atoms with van der Waals surface area (Å²) >= 11 is 1.24. The fourth-order valence-electron chi connectivity index (χ4n) is 3.89. The molecule has 3 aromatic rings. The minimum absolute atomic E-state index is 0.167. The molecule has 0 bridgehead atoms. The molecule has 9 heteroatoms. The Hall–Kier alpha value is -3.01. The average molecular weight is 499 g/mol. The van der Waals surface area contributed by atoms with Gasteiger partial charge in [-0.3, -0.25) is 4.79 Å². The van der Waals surface area contributed by atoms with Gasteiger partial charge in [-0.1, -0.05) is 36.8 Å². The molecule has 34 heavy (non-hydrogen) atoms. The molecule has 1 amide bonds. The number of piperidine rings is 1. The smallest absolute Gasteiger partial charge is 0.341 e. The van der Waals surface area contributed by atoms with Gasteiger partial charge >= 0.3 is 5.97 Å². The largest absolute Gasteiger partial charge is 0.462 e. The maximum atomic E-state index is 12.9. The number of sulfonamides is 1. The molecule has 2 aromatic carbocycles. The topological polar surface area (TPSA) is 92.8 Å². The number of thiophene rings is 1. The van der Waals surface area contributed by atoms with Crippen molar-refractivity contribution in [1.29, 1.82) is 0 Å². The van der Waals surface area contributed by atoms with Crippen LogP contribution in [0.5, 0.6) is 0 Å². The van der Waals surface area contributed by atoms with E-state index in [2.05, 4.69) is 5.32 Å². The van der Waals surface area contributed by atoms with E-state index >= 15 is 0 Å². The van der Waals surface area contributed by atoms with Crippen LogP contribution in [0.3, 0.4) is 0 Å². The summed E-state index contributed by atoms with van der Waals surface area (Å²) < 4.78 is 32.4. The first-order valence-corrected chi connectivity index (χ1v) is 13.5. The van der Waals surface area contributed by atoms with Crippen LogP contribution < -0.4 is 5.32 Å². The monoisotopic (exact) mass is 498 g/mol. The van der Waals surface area contributed by atoms with Crippen LogP contribution in [0.1, 0.15) is 46.9 Å². The number of rotatable bonds is 7. The second kappa shape index (κ2) is 10.5. The van der Waals surface area contributed by atoms with E-state index in [1.807, 2.05) is 35.7 Å². The zero-order valence-electron chi connectivity index (χ0n) is 18.8. The number of hydrogen-bond donors (Lipinski definition) is 1. The number of benzene rings is 2. The van der Waals surface area contributed by atoms with Crippen molar-refractivity contribution in [3.8, 4) is 11.1 Å². The van der Waals surface area contributed by atoms with Gasteiger partial charge in [-0.2, -0.15) is 4.31 Å². The summed E-state index contributed by atoms with van der Waals surface area (Å²) in [6, 6.07) is 15.3. The van der Waals surface area contributed by atoms with Gasteiger partial charge in [0, 0.05) is 29.6 Å². The number of amides is 1. The first-order valence-electron chi connectivity index (χ1n) is 11.2. The summed E-state index contributed by atoms with van der Waals surface area (Å²) in [5.74, 6) is -0.949. The summed E-state index contributed by atoms with van der Waals surface area (Å²) in [6.07, 6.45) is 2.75. The molecule has 0 unspecified atom stereocenters. The highest BCUT2D eigenvalue weighted by atomic mass is 32.2. The Morgan fingerprint density at radius 2 is 1.68 bits per heavy atom. The Kier molecular flexibility index (Phi) is 7.45. The minimum Gasteiger partial charge on any atom is -0.462 e. The molecule has 4 rings (SSSR count). The maximum absolute atomic E-state index is 12.9. The lowest BCUT2D eigenvalue weighted by Crippen LogP contribution is -2.35. The van der Waals surface area contributed by atoms with Crippen molar-refractivity contribution in [3.63, 3.8) is 0 Å². The Labute approximate surface area is 203 Å². The summed E-state index contributed by atoms with van der Waals surface area (Å²) in [5.41, 5.74) is 2.12. The van der Waals surface area contributed by atoms with Gasteiger partial charge in [-0.05, 0) is 49.6 Å². The van der Waals surface area contributed by atoms with Crippen molar-refractivity contribution in [2.75, 3.05) is 25.0 Å². The van der Waals surface area contributed by atoms with Crippen molar-refractivity contribution in [3.05, 3.63) is 71.1 Å². The van der Waals surface area contributed by atoms with E-state index in [1.54, 1.807) is 6.92 Å². The first-order chi connectivity index (χ1) is 16.4. The number of esters is 1. The third-order valence-electron chi connectivity index (χ3n) is 5.65. The SMILES string of the molecule is CCOC(=O)c1c(-c2ccccc2)csc1NC(=O)c1ccc(S(=O)(=O)N2CCCCC2)cc1. The first kappa shape index (κ1) is 24.1. The average Bonchev–Trinajstić information content (AvgIpc) is 3.29. The molecular formula is C25H26N2O5S2. The Balaban J connectivity index is 1.57. The lowest BCUT2D eigenvalue weighted by molar-refractivity contribution is 0.0529. The lowest BCUT2D eigenvalue weighted by atomic mass is 10.0. The molecule has 7 nitrogen and oxygen atoms in total. The van der Waals surface area contributed by atoms with E-state index in [9.17, 15) is 18.0 Å². The van der Waals surface area contributed by atoms with E-state index in [-0.39, 0.29) is 11.5 Å². The van der Waals surface area contributed by atoms with Crippen LogP contribution in [0, 0.1) is 0 Å². The zero-order valence-corrected chi connectivity index (χ0v) is 20.5. The van der Waals surface area contributed by atoms with E-state index < -0.39 is 21.9 Å². The Morgan fingerprint density at radius 1 is 1.00 bits per heavy atom. The van der Waals surface area contributed by atoms with Crippen LogP contribution in [0.4, 0.5) is 5.00 Å². The van der Waals surface area contributed by atoms with E-state index in [0.717, 1.165) is 24.8 Å². The molecule has 1 aromatic heterocycles. The van der Waals surface area contributed by atoms with Crippen molar-refractivity contribution in [1.82, 2.24) is 4.31 Å². The summed E-state index contributed by atoms with van der Waals surface area (Å²) in [7, 11) is -3.57. The predicted molar refractivity (Wildman–Crippen MR) is 133 cm³/mol. The predicted octanol–water partition coefficient (Wildman–Crippen LogP) is 5.02. The highest BCUT2D eigenvalue weighted by Crippen LogP contribution is 2.36. The molecule has 1 aliphatic heterocycles. The minimum atomic E-state index is -3.57. The molecule has 178 valence electrons. The molecule has 0 spiro atoms. The molecule has 2 heterocycles. The fraction of sp³-hybridized carbons (Fsp3) is 0.280. The fourth-order valence-corrected chi connectivity index (χ4v) is 6.36. The second-order valence-electron chi connectivity index (χ2n) is 7.88. The Morgan fingerprint density at radius 3 is 2.32 bits per heavy atom. The van der Waals surface area contributed by atoms with Gasteiger partial charge in [0.05, 0.1) is 11.5 Å².